The fourth-order valence-corrected chi connectivity index (χ4v) is 2.99. The van der Waals surface area contributed by atoms with E-state index in [0.717, 1.165) is 16.9 Å². The molecule has 0 saturated carbocycles. The van der Waals surface area contributed by atoms with Crippen LogP contribution in [0.2, 0.25) is 0 Å². The monoisotopic (exact) mass is 335 g/mol. The van der Waals surface area contributed by atoms with Crippen molar-refractivity contribution in [3.05, 3.63) is 60.0 Å². The third-order valence-corrected chi connectivity index (χ3v) is 4.18. The third kappa shape index (κ3) is 3.10. The maximum Gasteiger partial charge on any atom is 0.247 e. The number of hydrogen-bond donors (Lipinski definition) is 1. The average molecular weight is 335 g/mol. The van der Waals surface area contributed by atoms with E-state index in [-0.39, 0.29) is 11.8 Å². The summed E-state index contributed by atoms with van der Waals surface area (Å²) >= 11 is 0. The van der Waals surface area contributed by atoms with Gasteiger partial charge < -0.3 is 14.5 Å². The molecule has 0 aliphatic carbocycles. The number of ether oxygens (including phenoxy) is 1. The van der Waals surface area contributed by atoms with E-state index in [1.54, 1.807) is 6.92 Å². The van der Waals surface area contributed by atoms with Gasteiger partial charge in [-0.15, -0.1) is 10.2 Å². The normalized spacial score (nSPS) is 16.0. The quantitative estimate of drug-likeness (QED) is 0.792. The topological polar surface area (TPSA) is 77.2 Å². The summed E-state index contributed by atoms with van der Waals surface area (Å²) in [5.41, 5.74) is 2.39. The lowest BCUT2D eigenvalue weighted by Gasteiger charge is -2.25. The van der Waals surface area contributed by atoms with E-state index < -0.39 is 0 Å². The Kier molecular flexibility index (Phi) is 3.93. The Morgan fingerprint density at radius 1 is 1.16 bits per heavy atom. The van der Waals surface area contributed by atoms with Crippen molar-refractivity contribution in [1.29, 1.82) is 0 Å². The summed E-state index contributed by atoms with van der Waals surface area (Å²) in [6.07, 6.45) is 0.658. The zero-order valence-corrected chi connectivity index (χ0v) is 13.7. The van der Waals surface area contributed by atoms with Gasteiger partial charge in [0.25, 0.3) is 0 Å². The van der Waals surface area contributed by atoms with Crippen molar-refractivity contribution < 1.29 is 13.9 Å². The van der Waals surface area contributed by atoms with Gasteiger partial charge in [-0.05, 0) is 30.7 Å². The number of nitrogens with zero attached hydrogens (tertiary/aromatic N) is 2. The number of nitrogens with one attached hydrogen (secondary N) is 1. The number of para-hydroxylation sites is 1. The SMILES string of the molecule is Cc1nnc(-c2cccc(NC(=O)[C@H]3CCOc4ccccc43)c2)o1. The van der Waals surface area contributed by atoms with Crippen LogP contribution in [0.15, 0.2) is 52.9 Å². The summed E-state index contributed by atoms with van der Waals surface area (Å²) < 4.78 is 11.1. The Morgan fingerprint density at radius 2 is 2.04 bits per heavy atom. The first-order valence-corrected chi connectivity index (χ1v) is 8.14. The van der Waals surface area contributed by atoms with Gasteiger partial charge in [0, 0.05) is 23.7 Å². The molecule has 1 aromatic heterocycles. The van der Waals surface area contributed by atoms with E-state index in [2.05, 4.69) is 15.5 Å². The van der Waals surface area contributed by atoms with Gasteiger partial charge in [-0.25, -0.2) is 0 Å². The molecule has 1 atom stereocenters. The molecule has 6 nitrogen and oxygen atoms in total. The van der Waals surface area contributed by atoms with Gasteiger partial charge in [-0.1, -0.05) is 24.3 Å². The fourth-order valence-electron chi connectivity index (χ4n) is 2.99. The number of hydrogen-bond acceptors (Lipinski definition) is 5. The largest absolute Gasteiger partial charge is 0.493 e. The molecule has 0 bridgehead atoms. The van der Waals surface area contributed by atoms with E-state index in [0.29, 0.717) is 30.5 Å². The minimum absolute atomic E-state index is 0.0467. The van der Waals surface area contributed by atoms with Crippen LogP contribution in [0.25, 0.3) is 11.5 Å². The number of carbonyl (C=O) groups is 1. The lowest BCUT2D eigenvalue weighted by molar-refractivity contribution is -0.118. The summed E-state index contributed by atoms with van der Waals surface area (Å²) in [6.45, 7) is 2.28. The van der Waals surface area contributed by atoms with E-state index in [1.807, 2.05) is 48.5 Å². The van der Waals surface area contributed by atoms with E-state index in [9.17, 15) is 4.79 Å². The molecule has 1 aliphatic heterocycles. The van der Waals surface area contributed by atoms with Crippen LogP contribution in [-0.4, -0.2) is 22.7 Å². The molecule has 1 amide bonds. The Morgan fingerprint density at radius 3 is 2.88 bits per heavy atom. The van der Waals surface area contributed by atoms with Gasteiger partial charge in [-0.3, -0.25) is 4.79 Å². The molecule has 126 valence electrons. The van der Waals surface area contributed by atoms with Crippen molar-refractivity contribution in [3.63, 3.8) is 0 Å². The van der Waals surface area contributed by atoms with Gasteiger partial charge in [0.2, 0.25) is 17.7 Å². The first-order chi connectivity index (χ1) is 12.2. The van der Waals surface area contributed by atoms with Crippen LogP contribution in [0.4, 0.5) is 5.69 Å². The number of fused-ring (bicyclic) bond motifs is 1. The molecule has 0 unspecified atom stereocenters. The zero-order valence-electron chi connectivity index (χ0n) is 13.7. The molecular formula is C19H17N3O3. The molecule has 3 aromatic rings. The minimum Gasteiger partial charge on any atom is -0.493 e. The van der Waals surface area contributed by atoms with Gasteiger partial charge in [-0.2, -0.15) is 0 Å². The van der Waals surface area contributed by atoms with Gasteiger partial charge in [0.1, 0.15) is 5.75 Å². The van der Waals surface area contributed by atoms with Crippen molar-refractivity contribution in [1.82, 2.24) is 10.2 Å². The van der Waals surface area contributed by atoms with Gasteiger partial charge in [0.05, 0.1) is 12.5 Å². The second-order valence-corrected chi connectivity index (χ2v) is 5.92. The number of aromatic nitrogens is 2. The summed E-state index contributed by atoms with van der Waals surface area (Å²) in [6, 6.07) is 15.1. The van der Waals surface area contributed by atoms with Crippen LogP contribution in [0.5, 0.6) is 5.75 Å². The van der Waals surface area contributed by atoms with Crippen LogP contribution < -0.4 is 10.1 Å². The number of amides is 1. The highest BCUT2D eigenvalue weighted by Gasteiger charge is 2.27. The predicted octanol–water partition coefficient (Wildman–Crippen LogP) is 3.55. The van der Waals surface area contributed by atoms with Crippen molar-refractivity contribution >= 4 is 11.6 Å². The van der Waals surface area contributed by atoms with Crippen molar-refractivity contribution in [2.45, 2.75) is 19.3 Å². The first kappa shape index (κ1) is 15.4. The van der Waals surface area contributed by atoms with E-state index in [1.165, 1.54) is 0 Å². The molecule has 0 radical (unpaired) electrons. The lowest BCUT2D eigenvalue weighted by atomic mass is 9.92. The Hall–Kier alpha value is -3.15. The number of rotatable bonds is 3. The smallest absolute Gasteiger partial charge is 0.247 e. The molecule has 0 fully saturated rings. The number of benzene rings is 2. The molecule has 4 rings (SSSR count). The highest BCUT2D eigenvalue weighted by atomic mass is 16.5. The maximum absolute atomic E-state index is 12.8. The predicted molar refractivity (Wildman–Crippen MR) is 92.4 cm³/mol. The fraction of sp³-hybridized carbons (Fsp3) is 0.211. The molecule has 2 heterocycles. The maximum atomic E-state index is 12.8. The molecule has 1 aliphatic rings. The van der Waals surface area contributed by atoms with Crippen molar-refractivity contribution in [3.8, 4) is 17.2 Å². The molecule has 0 spiro atoms. The number of aryl methyl sites for hydroxylation is 1. The minimum atomic E-state index is -0.223. The zero-order chi connectivity index (χ0) is 17.2. The standard InChI is InChI=1S/C19H17N3O3/c1-12-21-22-19(25-12)13-5-4-6-14(11-13)20-18(23)16-9-10-24-17-8-3-2-7-15(16)17/h2-8,11,16H,9-10H2,1H3,(H,20,23)/t16-/m0/s1. The summed E-state index contributed by atoms with van der Waals surface area (Å²) in [4.78, 5) is 12.8. The molecule has 2 aromatic carbocycles. The second kappa shape index (κ2) is 6.39. The Bertz CT molecular complexity index is 920. The molecule has 25 heavy (non-hydrogen) atoms. The average Bonchev–Trinajstić information content (AvgIpc) is 3.08. The molecular weight excluding hydrogens is 318 g/mol. The number of carbonyl (C=O) groups excluding carboxylic acids is 1. The van der Waals surface area contributed by atoms with Crippen LogP contribution >= 0.6 is 0 Å². The van der Waals surface area contributed by atoms with Crippen molar-refractivity contribution in [2.75, 3.05) is 11.9 Å². The van der Waals surface area contributed by atoms with Crippen LogP contribution in [0, 0.1) is 6.92 Å². The summed E-state index contributed by atoms with van der Waals surface area (Å²) in [7, 11) is 0. The van der Waals surface area contributed by atoms with Gasteiger partial charge in [0.15, 0.2) is 0 Å². The van der Waals surface area contributed by atoms with E-state index in [4.69, 9.17) is 9.15 Å². The highest BCUT2D eigenvalue weighted by molar-refractivity contribution is 5.96. The number of anilines is 1. The summed E-state index contributed by atoms with van der Waals surface area (Å²) in [5.74, 6) is 1.45. The highest BCUT2D eigenvalue weighted by Crippen LogP contribution is 2.34. The van der Waals surface area contributed by atoms with Crippen LogP contribution in [0.3, 0.4) is 0 Å². The van der Waals surface area contributed by atoms with Gasteiger partial charge >= 0.3 is 0 Å². The first-order valence-electron chi connectivity index (χ1n) is 8.14. The Labute approximate surface area is 144 Å². The van der Waals surface area contributed by atoms with E-state index >= 15 is 0 Å². The molecule has 6 heteroatoms. The molecule has 0 saturated heterocycles. The van der Waals surface area contributed by atoms with Crippen molar-refractivity contribution in [2.24, 2.45) is 0 Å². The van der Waals surface area contributed by atoms with Crippen LogP contribution in [0.1, 0.15) is 23.8 Å². The third-order valence-electron chi connectivity index (χ3n) is 4.18. The van der Waals surface area contributed by atoms with Crippen LogP contribution in [-0.2, 0) is 4.79 Å². The molecule has 1 N–H and O–H groups in total. The Balaban J connectivity index is 1.56. The summed E-state index contributed by atoms with van der Waals surface area (Å²) in [5, 5.41) is 10.8. The lowest BCUT2D eigenvalue weighted by Crippen LogP contribution is -2.26. The second-order valence-electron chi connectivity index (χ2n) is 5.92.